The first-order valence-electron chi connectivity index (χ1n) is 8.59. The van der Waals surface area contributed by atoms with Crippen molar-refractivity contribution in [2.75, 3.05) is 18.8 Å². The summed E-state index contributed by atoms with van der Waals surface area (Å²) in [6.45, 7) is 4.47. The monoisotopic (exact) mass is 357 g/mol. The van der Waals surface area contributed by atoms with E-state index in [-0.39, 0.29) is 11.9 Å². The van der Waals surface area contributed by atoms with Gasteiger partial charge >= 0.3 is 11.8 Å². The second-order valence-electron chi connectivity index (χ2n) is 6.63. The summed E-state index contributed by atoms with van der Waals surface area (Å²) in [5.41, 5.74) is 8.08. The first-order valence-corrected chi connectivity index (χ1v) is 8.59. The van der Waals surface area contributed by atoms with Gasteiger partial charge in [-0.2, -0.15) is 4.98 Å². The number of anilines is 1. The molecule has 2 heterocycles. The molecule has 1 aromatic carbocycles. The molecule has 0 saturated carbocycles. The Morgan fingerprint density at radius 3 is 2.69 bits per heavy atom. The van der Waals surface area contributed by atoms with Gasteiger partial charge in [-0.3, -0.25) is 9.47 Å². The SMILES string of the molecule is Cc1cc(CN2CCC(NC(=O)O)CC2)ccc1-n1ccc(N)nc1=O. The van der Waals surface area contributed by atoms with Gasteiger partial charge in [0.05, 0.1) is 5.69 Å². The fraction of sp³-hybridized carbons (Fsp3) is 0.389. The molecule has 26 heavy (non-hydrogen) atoms. The van der Waals surface area contributed by atoms with E-state index in [4.69, 9.17) is 10.8 Å². The van der Waals surface area contributed by atoms with E-state index >= 15 is 0 Å². The van der Waals surface area contributed by atoms with Crippen LogP contribution in [0.15, 0.2) is 35.3 Å². The van der Waals surface area contributed by atoms with Crippen molar-refractivity contribution in [3.63, 3.8) is 0 Å². The Labute approximate surface area is 151 Å². The highest BCUT2D eigenvalue weighted by Crippen LogP contribution is 2.18. The second-order valence-corrected chi connectivity index (χ2v) is 6.63. The van der Waals surface area contributed by atoms with Crippen LogP contribution in [0.4, 0.5) is 10.6 Å². The van der Waals surface area contributed by atoms with Gasteiger partial charge in [0.15, 0.2) is 0 Å². The third-order valence-electron chi connectivity index (χ3n) is 4.67. The molecular formula is C18H23N5O3. The summed E-state index contributed by atoms with van der Waals surface area (Å²) in [5.74, 6) is 0.210. The number of hydrogen-bond donors (Lipinski definition) is 3. The molecule has 1 aliphatic heterocycles. The molecule has 1 saturated heterocycles. The minimum absolute atomic E-state index is 0.0396. The summed E-state index contributed by atoms with van der Waals surface area (Å²) in [6.07, 6.45) is 2.31. The molecule has 0 bridgehead atoms. The molecule has 0 atom stereocenters. The average Bonchev–Trinajstić information content (AvgIpc) is 2.57. The summed E-state index contributed by atoms with van der Waals surface area (Å²) in [7, 11) is 0. The molecule has 1 aliphatic rings. The Bertz CT molecular complexity index is 856. The van der Waals surface area contributed by atoms with Crippen molar-refractivity contribution < 1.29 is 9.90 Å². The average molecular weight is 357 g/mol. The first kappa shape index (κ1) is 17.9. The predicted molar refractivity (Wildman–Crippen MR) is 98.4 cm³/mol. The van der Waals surface area contributed by atoms with Gasteiger partial charge < -0.3 is 16.2 Å². The number of carbonyl (C=O) groups is 1. The number of piperidine rings is 1. The molecule has 4 N–H and O–H groups in total. The third-order valence-corrected chi connectivity index (χ3v) is 4.67. The number of nitrogens with zero attached hydrogens (tertiary/aromatic N) is 3. The van der Waals surface area contributed by atoms with Crippen molar-refractivity contribution in [3.05, 3.63) is 52.1 Å². The number of nitrogen functional groups attached to an aromatic ring is 1. The van der Waals surface area contributed by atoms with Gasteiger partial charge in [0, 0.05) is 31.9 Å². The van der Waals surface area contributed by atoms with Crippen LogP contribution in [0.1, 0.15) is 24.0 Å². The van der Waals surface area contributed by atoms with Crippen molar-refractivity contribution in [1.82, 2.24) is 19.8 Å². The summed E-state index contributed by atoms with van der Waals surface area (Å²) < 4.78 is 1.48. The van der Waals surface area contributed by atoms with Gasteiger partial charge in [0.1, 0.15) is 5.82 Å². The van der Waals surface area contributed by atoms with Gasteiger partial charge in [0.2, 0.25) is 0 Å². The van der Waals surface area contributed by atoms with E-state index in [0.29, 0.717) is 0 Å². The number of hydrogen-bond acceptors (Lipinski definition) is 5. The van der Waals surface area contributed by atoms with Gasteiger partial charge in [-0.05, 0) is 43.0 Å². The van der Waals surface area contributed by atoms with Crippen LogP contribution >= 0.6 is 0 Å². The van der Waals surface area contributed by atoms with Crippen LogP contribution in [0.5, 0.6) is 0 Å². The highest BCUT2D eigenvalue weighted by molar-refractivity contribution is 5.64. The molecular weight excluding hydrogens is 334 g/mol. The van der Waals surface area contributed by atoms with Gasteiger partial charge in [-0.25, -0.2) is 9.59 Å². The molecule has 1 amide bonds. The highest BCUT2D eigenvalue weighted by atomic mass is 16.4. The lowest BCUT2D eigenvalue weighted by Gasteiger charge is -2.31. The molecule has 138 valence electrons. The van der Waals surface area contributed by atoms with Crippen LogP contribution in [-0.4, -0.2) is 44.8 Å². The fourth-order valence-corrected chi connectivity index (χ4v) is 3.35. The van der Waals surface area contributed by atoms with Crippen LogP contribution in [0, 0.1) is 6.92 Å². The highest BCUT2D eigenvalue weighted by Gasteiger charge is 2.20. The molecule has 0 unspecified atom stereocenters. The molecule has 1 fully saturated rings. The van der Waals surface area contributed by atoms with Crippen LogP contribution in [-0.2, 0) is 6.54 Å². The van der Waals surface area contributed by atoms with E-state index < -0.39 is 11.8 Å². The van der Waals surface area contributed by atoms with E-state index in [1.165, 1.54) is 4.57 Å². The summed E-state index contributed by atoms with van der Waals surface area (Å²) >= 11 is 0. The number of carboxylic acid groups (broad SMARTS) is 1. The molecule has 0 spiro atoms. The molecule has 0 aliphatic carbocycles. The Kier molecular flexibility index (Phi) is 5.22. The van der Waals surface area contributed by atoms with Crippen molar-refractivity contribution in [3.8, 4) is 5.69 Å². The third kappa shape index (κ3) is 4.20. The molecule has 8 nitrogen and oxygen atoms in total. The van der Waals surface area contributed by atoms with Gasteiger partial charge in [0.25, 0.3) is 0 Å². The largest absolute Gasteiger partial charge is 0.465 e. The molecule has 2 aromatic rings. The maximum atomic E-state index is 12.0. The minimum Gasteiger partial charge on any atom is -0.465 e. The summed E-state index contributed by atoms with van der Waals surface area (Å²) in [4.78, 5) is 28.8. The lowest BCUT2D eigenvalue weighted by molar-refractivity contribution is 0.165. The van der Waals surface area contributed by atoms with E-state index in [1.54, 1.807) is 12.3 Å². The Balaban J connectivity index is 1.67. The molecule has 8 heteroatoms. The smallest absolute Gasteiger partial charge is 0.404 e. The molecule has 1 aromatic heterocycles. The summed E-state index contributed by atoms with van der Waals surface area (Å²) in [5, 5.41) is 11.3. The van der Waals surface area contributed by atoms with Gasteiger partial charge in [-0.1, -0.05) is 12.1 Å². The Morgan fingerprint density at radius 1 is 1.35 bits per heavy atom. The van der Waals surface area contributed by atoms with Crippen LogP contribution in [0.2, 0.25) is 0 Å². The maximum absolute atomic E-state index is 12.0. The quantitative estimate of drug-likeness (QED) is 0.761. The number of amides is 1. The van der Waals surface area contributed by atoms with Crippen LogP contribution in [0.3, 0.4) is 0 Å². The lowest BCUT2D eigenvalue weighted by atomic mass is 10.0. The maximum Gasteiger partial charge on any atom is 0.404 e. The van der Waals surface area contributed by atoms with Crippen LogP contribution < -0.4 is 16.7 Å². The zero-order chi connectivity index (χ0) is 18.7. The van der Waals surface area contributed by atoms with Crippen LogP contribution in [0.25, 0.3) is 5.69 Å². The molecule has 0 radical (unpaired) electrons. The number of aryl methyl sites for hydroxylation is 1. The van der Waals surface area contributed by atoms with Gasteiger partial charge in [-0.15, -0.1) is 0 Å². The number of nitrogens with one attached hydrogen (secondary N) is 1. The van der Waals surface area contributed by atoms with E-state index in [2.05, 4.69) is 21.3 Å². The first-order chi connectivity index (χ1) is 12.4. The number of rotatable bonds is 4. The predicted octanol–water partition coefficient (Wildman–Crippen LogP) is 1.36. The number of benzene rings is 1. The standard InChI is InChI=1S/C18H23N5O3/c1-12-10-13(11-22-7-4-14(5-8-22)20-18(25)26)2-3-15(12)23-9-6-16(19)21-17(23)24/h2-3,6,9-10,14,20H,4-5,7-8,11H2,1H3,(H,25,26)(H2,19,21,24). The van der Waals surface area contributed by atoms with Crippen molar-refractivity contribution >= 4 is 11.9 Å². The zero-order valence-corrected chi connectivity index (χ0v) is 14.7. The fourth-order valence-electron chi connectivity index (χ4n) is 3.35. The minimum atomic E-state index is -0.956. The number of likely N-dealkylation sites (tertiary alicyclic amines) is 1. The number of nitrogens with two attached hydrogens (primary N) is 1. The number of aromatic nitrogens is 2. The van der Waals surface area contributed by atoms with Crippen molar-refractivity contribution in [1.29, 1.82) is 0 Å². The Morgan fingerprint density at radius 2 is 2.08 bits per heavy atom. The van der Waals surface area contributed by atoms with Crippen molar-refractivity contribution in [2.45, 2.75) is 32.4 Å². The molecule has 3 rings (SSSR count). The van der Waals surface area contributed by atoms with E-state index in [9.17, 15) is 9.59 Å². The summed E-state index contributed by atoms with van der Waals surface area (Å²) in [6, 6.07) is 7.64. The second kappa shape index (κ2) is 7.57. The van der Waals surface area contributed by atoms with Crippen molar-refractivity contribution in [2.24, 2.45) is 0 Å². The zero-order valence-electron chi connectivity index (χ0n) is 14.7. The Hall–Kier alpha value is -2.87. The van der Waals surface area contributed by atoms with E-state index in [0.717, 1.165) is 49.3 Å². The normalized spacial score (nSPS) is 15.7. The lowest BCUT2D eigenvalue weighted by Crippen LogP contribution is -2.43. The van der Waals surface area contributed by atoms with E-state index in [1.807, 2.05) is 19.1 Å². The topological polar surface area (TPSA) is 113 Å².